The summed E-state index contributed by atoms with van der Waals surface area (Å²) in [6.07, 6.45) is 19.7. The second kappa shape index (κ2) is 12.7. The van der Waals surface area contributed by atoms with Crippen molar-refractivity contribution < 1.29 is 9.47 Å². The molecule has 2 saturated carbocycles. The summed E-state index contributed by atoms with van der Waals surface area (Å²) in [5.41, 5.74) is 5.63. The van der Waals surface area contributed by atoms with Gasteiger partial charge in [0.25, 0.3) is 0 Å². The van der Waals surface area contributed by atoms with E-state index in [0.717, 1.165) is 56.7 Å². The summed E-state index contributed by atoms with van der Waals surface area (Å²) < 4.78 is 14.8. The van der Waals surface area contributed by atoms with Gasteiger partial charge in [-0.2, -0.15) is 21.0 Å². The highest BCUT2D eigenvalue weighted by atomic mass is 32.1. The highest BCUT2D eigenvalue weighted by Crippen LogP contribution is 2.67. The third-order valence-electron chi connectivity index (χ3n) is 10.9. The Morgan fingerprint density at radius 2 is 0.980 bits per heavy atom. The van der Waals surface area contributed by atoms with Crippen LogP contribution in [0.4, 0.5) is 0 Å². The van der Waals surface area contributed by atoms with Crippen molar-refractivity contribution in [3.63, 3.8) is 0 Å². The van der Waals surface area contributed by atoms with Crippen LogP contribution in [0.15, 0.2) is 23.3 Å². The van der Waals surface area contributed by atoms with Crippen LogP contribution in [0, 0.1) is 45.3 Å². The van der Waals surface area contributed by atoms with Gasteiger partial charge < -0.3 is 9.47 Å². The highest BCUT2D eigenvalue weighted by Gasteiger charge is 2.51. The maximum Gasteiger partial charge on any atom is 0.137 e. The zero-order valence-electron chi connectivity index (χ0n) is 27.8. The zero-order valence-corrected chi connectivity index (χ0v) is 31.0. The molecule has 0 saturated heterocycles. The van der Waals surface area contributed by atoms with Crippen LogP contribution in [-0.4, -0.2) is 14.2 Å². The number of nitrogens with zero attached hydrogens (tertiary/aromatic N) is 4. The number of hydrogen-bond acceptors (Lipinski definition) is 10. The van der Waals surface area contributed by atoms with Crippen molar-refractivity contribution in [2.75, 3.05) is 14.2 Å². The van der Waals surface area contributed by atoms with E-state index in [0.29, 0.717) is 0 Å². The molecule has 0 N–H and O–H groups in total. The van der Waals surface area contributed by atoms with Crippen molar-refractivity contribution in [1.29, 1.82) is 21.0 Å². The number of rotatable bonds is 6. The Balaban J connectivity index is 1.29. The molecule has 50 heavy (non-hydrogen) atoms. The van der Waals surface area contributed by atoms with Gasteiger partial charge in [-0.25, -0.2) is 0 Å². The second-order valence-electron chi connectivity index (χ2n) is 13.4. The summed E-state index contributed by atoms with van der Waals surface area (Å²) in [5.74, 6) is 1.61. The van der Waals surface area contributed by atoms with Gasteiger partial charge in [-0.05, 0) is 84.4 Å². The Bertz CT molecular complexity index is 2170. The minimum Gasteiger partial charge on any atom is -0.495 e. The van der Waals surface area contributed by atoms with Gasteiger partial charge in [-0.1, -0.05) is 38.5 Å². The maximum atomic E-state index is 9.41. The molecule has 4 aromatic rings. The van der Waals surface area contributed by atoms with Gasteiger partial charge >= 0.3 is 0 Å². The molecule has 0 aliphatic heterocycles. The number of hydrogen-bond donors (Lipinski definition) is 0. The molecule has 10 heteroatoms. The van der Waals surface area contributed by atoms with Crippen molar-refractivity contribution in [2.24, 2.45) is 0 Å². The van der Waals surface area contributed by atoms with Gasteiger partial charge in [-0.3, -0.25) is 0 Å². The Morgan fingerprint density at radius 3 is 1.32 bits per heavy atom. The highest BCUT2D eigenvalue weighted by molar-refractivity contribution is 7.29. The normalized spacial score (nSPS) is 17.9. The molecule has 4 aromatic heterocycles. The van der Waals surface area contributed by atoms with E-state index in [2.05, 4.69) is 12.2 Å². The van der Waals surface area contributed by atoms with E-state index in [-0.39, 0.29) is 22.0 Å². The lowest BCUT2D eigenvalue weighted by molar-refractivity contribution is 0.372. The molecule has 0 radical (unpaired) electrons. The molecule has 0 amide bonds. The number of methoxy groups -OCH3 is 2. The van der Waals surface area contributed by atoms with Crippen LogP contribution in [-0.2, 0) is 10.8 Å². The topological polar surface area (TPSA) is 114 Å². The maximum absolute atomic E-state index is 9.41. The summed E-state index contributed by atoms with van der Waals surface area (Å²) in [7, 11) is 3.41. The summed E-state index contributed by atoms with van der Waals surface area (Å²) in [5, 5.41) is 37.7. The number of nitriles is 4. The first kappa shape index (κ1) is 32.8. The predicted molar refractivity (Wildman–Crippen MR) is 205 cm³/mol. The average molecular weight is 729 g/mol. The van der Waals surface area contributed by atoms with Crippen LogP contribution in [0.5, 0.6) is 11.5 Å². The monoisotopic (exact) mass is 728 g/mol. The lowest BCUT2D eigenvalue weighted by Gasteiger charge is -2.37. The summed E-state index contributed by atoms with van der Waals surface area (Å²) in [4.78, 5) is 6.63. The number of allylic oxidation sites excluding steroid dienone is 4. The molecule has 0 atom stereocenters. The lowest BCUT2D eigenvalue weighted by atomic mass is 9.66. The minimum absolute atomic E-state index is 0.0909. The molecule has 2 spiro atoms. The molecule has 0 bridgehead atoms. The molecule has 0 aromatic carbocycles. The van der Waals surface area contributed by atoms with E-state index in [1.807, 2.05) is 59.1 Å². The molecule has 4 aliphatic carbocycles. The van der Waals surface area contributed by atoms with Crippen LogP contribution >= 0.6 is 45.3 Å². The summed E-state index contributed by atoms with van der Waals surface area (Å²) in [6, 6.07) is 11.9. The minimum atomic E-state index is -0.0967. The van der Waals surface area contributed by atoms with Crippen molar-refractivity contribution in [2.45, 2.75) is 75.0 Å². The quantitative estimate of drug-likeness (QED) is 0.183. The van der Waals surface area contributed by atoms with E-state index >= 15 is 0 Å². The van der Waals surface area contributed by atoms with Crippen LogP contribution in [0.3, 0.4) is 0 Å². The summed E-state index contributed by atoms with van der Waals surface area (Å²) in [6.45, 7) is 0. The first-order valence-electron chi connectivity index (χ1n) is 16.9. The third kappa shape index (κ3) is 4.85. The molecule has 8 rings (SSSR count). The van der Waals surface area contributed by atoms with Crippen molar-refractivity contribution >= 4 is 90.2 Å². The smallest absolute Gasteiger partial charge is 0.137 e. The van der Waals surface area contributed by atoms with Crippen LogP contribution in [0.2, 0.25) is 0 Å². The fourth-order valence-corrected chi connectivity index (χ4v) is 14.4. The van der Waals surface area contributed by atoms with Crippen molar-refractivity contribution in [3.05, 3.63) is 63.7 Å². The second-order valence-corrected chi connectivity index (χ2v) is 17.7. The molecule has 0 unspecified atom stereocenters. The molecule has 2 fully saturated rings. The molecule has 4 heterocycles. The van der Waals surface area contributed by atoms with E-state index < -0.39 is 0 Å². The van der Waals surface area contributed by atoms with Gasteiger partial charge in [0, 0.05) is 30.3 Å². The Morgan fingerprint density at radius 1 is 0.600 bits per heavy atom. The zero-order chi connectivity index (χ0) is 34.6. The van der Waals surface area contributed by atoms with E-state index in [9.17, 15) is 21.0 Å². The van der Waals surface area contributed by atoms with E-state index in [1.165, 1.54) is 80.0 Å². The van der Waals surface area contributed by atoms with Crippen molar-refractivity contribution in [3.8, 4) is 35.8 Å². The Kier molecular flexibility index (Phi) is 8.34. The number of thiophene rings is 4. The van der Waals surface area contributed by atoms with E-state index in [1.54, 1.807) is 49.0 Å². The van der Waals surface area contributed by atoms with Crippen molar-refractivity contribution in [1.82, 2.24) is 0 Å². The Hall–Kier alpha value is -4.42. The van der Waals surface area contributed by atoms with Gasteiger partial charge in [0.2, 0.25) is 0 Å². The SMILES string of the molecule is COc1cc(C=C(C#N)C#N)sc1C1=Cc2sc3c4c(sc3c2C12CCCCC2)C=C(c1sc(C=C(C#N)C#N)cc1OC)C41CCCCC1. The first-order chi connectivity index (χ1) is 24.4. The fraction of sp³-hybridized carbons (Fsp3) is 0.350. The number of fused-ring (bicyclic) bond motifs is 7. The van der Waals surface area contributed by atoms with Crippen LogP contribution < -0.4 is 9.47 Å². The summed E-state index contributed by atoms with van der Waals surface area (Å²) >= 11 is 7.14. The largest absolute Gasteiger partial charge is 0.495 e. The van der Waals surface area contributed by atoms with Gasteiger partial charge in [0.1, 0.15) is 46.9 Å². The standard InChI is InChI=1S/C40H32N4O2S4/c1-45-29-15-25(13-23(19-41)20-42)47-35(29)27-17-31-33(39(27)9-5-3-6-10-39)37-38(49-31)34-32(50-37)18-28(40(34)11-7-4-8-12-40)36-30(46-2)16-26(48-36)14-24(21-43)22-44/h13-18H,3-12H2,1-2H3. The van der Waals surface area contributed by atoms with Crippen LogP contribution in [0.1, 0.15) is 105 Å². The molecular weight excluding hydrogens is 697 g/mol. The van der Waals surface area contributed by atoms with Crippen LogP contribution in [0.25, 0.3) is 44.9 Å². The third-order valence-corrected chi connectivity index (χ3v) is 15.6. The Labute approximate surface area is 307 Å². The average Bonchev–Trinajstić information content (AvgIpc) is 3.98. The van der Waals surface area contributed by atoms with Gasteiger partial charge in [0.15, 0.2) is 0 Å². The first-order valence-corrected chi connectivity index (χ1v) is 20.1. The molecule has 4 aliphatic rings. The molecule has 248 valence electrons. The number of ether oxygens (including phenoxy) is 2. The van der Waals surface area contributed by atoms with Gasteiger partial charge in [0.05, 0.1) is 33.4 Å². The van der Waals surface area contributed by atoms with Gasteiger partial charge in [-0.15, -0.1) is 45.3 Å². The van der Waals surface area contributed by atoms with E-state index in [4.69, 9.17) is 9.47 Å². The predicted octanol–water partition coefficient (Wildman–Crippen LogP) is 11.5. The lowest BCUT2D eigenvalue weighted by Crippen LogP contribution is -2.28. The molecular formula is C40H32N4O2S4. The molecule has 6 nitrogen and oxygen atoms in total. The fourth-order valence-electron chi connectivity index (χ4n) is 8.87.